The molecule has 1 fully saturated rings. The van der Waals surface area contributed by atoms with Crippen molar-refractivity contribution in [2.45, 2.75) is 52.2 Å². The van der Waals surface area contributed by atoms with Crippen molar-refractivity contribution >= 4 is 11.4 Å². The number of rotatable bonds is 5. The molecule has 3 N–H and O–H groups in total. The minimum atomic E-state index is -0.410. The summed E-state index contributed by atoms with van der Waals surface area (Å²) in [6, 6.07) is 4.56. The van der Waals surface area contributed by atoms with E-state index in [1.807, 2.05) is 0 Å². The van der Waals surface area contributed by atoms with Crippen molar-refractivity contribution in [3.8, 4) is 0 Å². The van der Waals surface area contributed by atoms with Crippen molar-refractivity contribution in [3.05, 3.63) is 33.9 Å². The van der Waals surface area contributed by atoms with Gasteiger partial charge in [-0.25, -0.2) is 0 Å². The number of ether oxygens (including phenoxy) is 1. The first kappa shape index (κ1) is 15.7. The summed E-state index contributed by atoms with van der Waals surface area (Å²) in [4.78, 5) is 10.4. The molecule has 1 aliphatic carbocycles. The van der Waals surface area contributed by atoms with Crippen molar-refractivity contribution in [1.82, 2.24) is 0 Å². The average molecular weight is 293 g/mol. The average Bonchev–Trinajstić information content (AvgIpc) is 2.45. The van der Waals surface area contributed by atoms with Crippen LogP contribution in [-0.4, -0.2) is 11.0 Å². The SMILES string of the molecule is CC1(C)CCC(OCc2cc([N+](=O)[O-])ccc2NN)CC1. The number of non-ortho nitro benzene ring substituents is 1. The summed E-state index contributed by atoms with van der Waals surface area (Å²) in [7, 11) is 0. The van der Waals surface area contributed by atoms with Gasteiger partial charge in [0.05, 0.1) is 23.3 Å². The van der Waals surface area contributed by atoms with Crippen molar-refractivity contribution in [3.63, 3.8) is 0 Å². The standard InChI is InChI=1S/C15H23N3O3/c1-15(2)7-5-13(6-8-15)21-10-11-9-12(18(19)20)3-4-14(11)17-16/h3-4,9,13,17H,5-8,10,16H2,1-2H3. The Morgan fingerprint density at radius 2 is 2.10 bits per heavy atom. The molecule has 0 saturated heterocycles. The van der Waals surface area contributed by atoms with E-state index in [4.69, 9.17) is 10.6 Å². The zero-order chi connectivity index (χ0) is 15.5. The molecule has 1 aromatic carbocycles. The Morgan fingerprint density at radius 3 is 2.67 bits per heavy atom. The van der Waals surface area contributed by atoms with Crippen LogP contribution in [0.3, 0.4) is 0 Å². The van der Waals surface area contributed by atoms with Crippen LogP contribution < -0.4 is 11.3 Å². The fraction of sp³-hybridized carbons (Fsp3) is 0.600. The smallest absolute Gasteiger partial charge is 0.269 e. The van der Waals surface area contributed by atoms with Crippen LogP contribution >= 0.6 is 0 Å². The van der Waals surface area contributed by atoms with E-state index in [0.717, 1.165) is 31.2 Å². The first-order valence-corrected chi connectivity index (χ1v) is 7.27. The molecule has 21 heavy (non-hydrogen) atoms. The second-order valence-electron chi connectivity index (χ2n) is 6.42. The van der Waals surface area contributed by atoms with Gasteiger partial charge in [-0.15, -0.1) is 0 Å². The van der Waals surface area contributed by atoms with E-state index in [1.165, 1.54) is 12.1 Å². The van der Waals surface area contributed by atoms with Crippen LogP contribution in [0, 0.1) is 15.5 Å². The highest BCUT2D eigenvalue weighted by atomic mass is 16.6. The normalized spacial score (nSPS) is 18.4. The number of hydrogen-bond acceptors (Lipinski definition) is 5. The maximum Gasteiger partial charge on any atom is 0.269 e. The number of nitrogens with zero attached hydrogens (tertiary/aromatic N) is 1. The molecule has 116 valence electrons. The molecule has 2 rings (SSSR count). The molecule has 0 atom stereocenters. The number of nitrogen functional groups attached to an aromatic ring is 1. The molecule has 1 aliphatic rings. The molecule has 0 aliphatic heterocycles. The summed E-state index contributed by atoms with van der Waals surface area (Å²) < 4.78 is 5.92. The van der Waals surface area contributed by atoms with Crippen molar-refractivity contribution in [2.24, 2.45) is 11.3 Å². The third-order valence-electron chi connectivity index (χ3n) is 4.22. The lowest BCUT2D eigenvalue weighted by molar-refractivity contribution is -0.384. The minimum absolute atomic E-state index is 0.0531. The largest absolute Gasteiger partial charge is 0.373 e. The van der Waals surface area contributed by atoms with Gasteiger partial charge in [-0.2, -0.15) is 0 Å². The first-order chi connectivity index (χ1) is 9.91. The van der Waals surface area contributed by atoms with Crippen molar-refractivity contribution < 1.29 is 9.66 Å². The highest BCUT2D eigenvalue weighted by molar-refractivity contribution is 5.55. The predicted octanol–water partition coefficient (Wildman–Crippen LogP) is 3.37. The monoisotopic (exact) mass is 293 g/mol. The molecular formula is C15H23N3O3. The van der Waals surface area contributed by atoms with Crippen LogP contribution in [0.15, 0.2) is 18.2 Å². The Labute approximate surface area is 124 Å². The van der Waals surface area contributed by atoms with Gasteiger partial charge in [0.15, 0.2) is 0 Å². The Morgan fingerprint density at radius 1 is 1.43 bits per heavy atom. The number of nitrogens with one attached hydrogen (secondary N) is 1. The second kappa shape index (κ2) is 6.41. The van der Waals surface area contributed by atoms with E-state index in [0.29, 0.717) is 17.7 Å². The van der Waals surface area contributed by atoms with Gasteiger partial charge in [-0.05, 0) is 37.2 Å². The molecule has 0 aromatic heterocycles. The second-order valence-corrected chi connectivity index (χ2v) is 6.42. The van der Waals surface area contributed by atoms with Crippen molar-refractivity contribution in [2.75, 3.05) is 5.43 Å². The van der Waals surface area contributed by atoms with Crippen LogP contribution in [0.5, 0.6) is 0 Å². The zero-order valence-electron chi connectivity index (χ0n) is 12.6. The summed E-state index contributed by atoms with van der Waals surface area (Å²) in [6.07, 6.45) is 4.59. The summed E-state index contributed by atoms with van der Waals surface area (Å²) in [6.45, 7) is 4.90. The fourth-order valence-electron chi connectivity index (χ4n) is 2.70. The molecule has 0 bridgehead atoms. The summed E-state index contributed by atoms with van der Waals surface area (Å²) in [5.74, 6) is 5.45. The molecular weight excluding hydrogens is 270 g/mol. The first-order valence-electron chi connectivity index (χ1n) is 7.27. The van der Waals surface area contributed by atoms with Crippen LogP contribution in [0.2, 0.25) is 0 Å². The third-order valence-corrected chi connectivity index (χ3v) is 4.22. The summed E-state index contributed by atoms with van der Waals surface area (Å²) >= 11 is 0. The van der Waals surface area contributed by atoms with E-state index >= 15 is 0 Å². The summed E-state index contributed by atoms with van der Waals surface area (Å²) in [5, 5.41) is 10.8. The molecule has 0 spiro atoms. The number of nitro benzene ring substituents is 1. The van der Waals surface area contributed by atoms with Gasteiger partial charge >= 0.3 is 0 Å². The molecule has 0 radical (unpaired) electrons. The maximum absolute atomic E-state index is 10.8. The fourth-order valence-corrected chi connectivity index (χ4v) is 2.70. The van der Waals surface area contributed by atoms with Gasteiger partial charge in [-0.1, -0.05) is 13.8 Å². The zero-order valence-corrected chi connectivity index (χ0v) is 12.6. The number of nitrogens with two attached hydrogens (primary N) is 1. The molecule has 0 heterocycles. The molecule has 0 unspecified atom stereocenters. The Kier molecular flexibility index (Phi) is 4.80. The third kappa shape index (κ3) is 4.15. The topological polar surface area (TPSA) is 90.4 Å². The number of anilines is 1. The van der Waals surface area contributed by atoms with E-state index in [1.54, 1.807) is 6.07 Å². The van der Waals surface area contributed by atoms with Crippen molar-refractivity contribution in [1.29, 1.82) is 0 Å². The molecule has 0 amide bonds. The van der Waals surface area contributed by atoms with Gasteiger partial charge in [-0.3, -0.25) is 16.0 Å². The lowest BCUT2D eigenvalue weighted by Gasteiger charge is -2.34. The van der Waals surface area contributed by atoms with E-state index in [2.05, 4.69) is 19.3 Å². The van der Waals surface area contributed by atoms with Gasteiger partial charge in [0.25, 0.3) is 5.69 Å². The van der Waals surface area contributed by atoms with Crippen LogP contribution in [0.1, 0.15) is 45.1 Å². The molecule has 1 aromatic rings. The van der Waals surface area contributed by atoms with Crippen LogP contribution in [0.4, 0.5) is 11.4 Å². The highest BCUT2D eigenvalue weighted by Crippen LogP contribution is 2.36. The lowest BCUT2D eigenvalue weighted by Crippen LogP contribution is -2.26. The van der Waals surface area contributed by atoms with E-state index in [9.17, 15) is 10.1 Å². The van der Waals surface area contributed by atoms with E-state index < -0.39 is 4.92 Å². The quantitative estimate of drug-likeness (QED) is 0.493. The number of nitro groups is 1. The van der Waals surface area contributed by atoms with Gasteiger partial charge in [0, 0.05) is 17.7 Å². The van der Waals surface area contributed by atoms with E-state index in [-0.39, 0.29) is 11.8 Å². The minimum Gasteiger partial charge on any atom is -0.373 e. The molecule has 1 saturated carbocycles. The maximum atomic E-state index is 10.8. The number of hydrogen-bond donors (Lipinski definition) is 2. The predicted molar refractivity (Wildman–Crippen MR) is 81.7 cm³/mol. The Bertz CT molecular complexity index is 507. The Hall–Kier alpha value is -1.66. The van der Waals surface area contributed by atoms with Crippen LogP contribution in [0.25, 0.3) is 0 Å². The molecule has 6 nitrogen and oxygen atoms in total. The lowest BCUT2D eigenvalue weighted by atomic mass is 9.76. The summed E-state index contributed by atoms with van der Waals surface area (Å²) in [5.41, 5.74) is 4.39. The molecule has 6 heteroatoms. The highest BCUT2D eigenvalue weighted by Gasteiger charge is 2.27. The van der Waals surface area contributed by atoms with Gasteiger partial charge in [0.1, 0.15) is 0 Å². The number of benzene rings is 1. The van der Waals surface area contributed by atoms with Crippen LogP contribution in [-0.2, 0) is 11.3 Å². The van der Waals surface area contributed by atoms with Gasteiger partial charge in [0.2, 0.25) is 0 Å². The Balaban J connectivity index is 1.99. The van der Waals surface area contributed by atoms with Gasteiger partial charge < -0.3 is 10.2 Å². The number of hydrazine groups is 1.